The first-order chi connectivity index (χ1) is 7.58. The predicted octanol–water partition coefficient (Wildman–Crippen LogP) is 3.41. The van der Waals surface area contributed by atoms with Crippen molar-refractivity contribution < 1.29 is 9.53 Å². The molecule has 0 aromatic heterocycles. The van der Waals surface area contributed by atoms with Crippen LogP contribution in [-0.2, 0) is 9.53 Å². The molecule has 0 aromatic carbocycles. The van der Waals surface area contributed by atoms with Crippen LogP contribution in [0.5, 0.6) is 0 Å². The average molecular weight is 220 g/mol. The fraction of sp³-hybridized carbons (Fsp3) is 0.500. The van der Waals surface area contributed by atoms with E-state index in [0.29, 0.717) is 13.0 Å². The second-order valence-corrected chi connectivity index (χ2v) is 4.51. The summed E-state index contributed by atoms with van der Waals surface area (Å²) < 4.78 is 5.14. The Bertz CT molecular complexity index is 326. The molecule has 0 bridgehead atoms. The molecular formula is C14H20O2. The van der Waals surface area contributed by atoms with Crippen molar-refractivity contribution in [3.63, 3.8) is 0 Å². The van der Waals surface area contributed by atoms with Gasteiger partial charge in [-0.05, 0) is 25.2 Å². The number of hydrogen-bond acceptors (Lipinski definition) is 2. The molecule has 88 valence electrons. The topological polar surface area (TPSA) is 26.3 Å². The van der Waals surface area contributed by atoms with Crippen LogP contribution < -0.4 is 0 Å². The fourth-order valence-corrected chi connectivity index (χ4v) is 1.77. The van der Waals surface area contributed by atoms with Crippen molar-refractivity contribution in [2.75, 3.05) is 6.61 Å². The molecule has 1 aliphatic rings. The maximum atomic E-state index is 11.1. The second-order valence-electron chi connectivity index (χ2n) is 4.51. The van der Waals surface area contributed by atoms with Crippen LogP contribution in [0.25, 0.3) is 0 Å². The summed E-state index contributed by atoms with van der Waals surface area (Å²) in [4.78, 5) is 11.1. The summed E-state index contributed by atoms with van der Waals surface area (Å²) >= 11 is 0. The van der Waals surface area contributed by atoms with Gasteiger partial charge in [0, 0.05) is 0 Å². The van der Waals surface area contributed by atoms with Gasteiger partial charge in [0.2, 0.25) is 0 Å². The largest absolute Gasteiger partial charge is 0.465 e. The third-order valence-electron chi connectivity index (χ3n) is 3.23. The van der Waals surface area contributed by atoms with Crippen LogP contribution in [0.4, 0.5) is 0 Å². The van der Waals surface area contributed by atoms with E-state index in [2.05, 4.69) is 38.7 Å². The van der Waals surface area contributed by atoms with E-state index < -0.39 is 0 Å². The van der Waals surface area contributed by atoms with E-state index in [9.17, 15) is 4.79 Å². The molecule has 16 heavy (non-hydrogen) atoms. The van der Waals surface area contributed by atoms with Gasteiger partial charge in [-0.1, -0.05) is 36.8 Å². The van der Waals surface area contributed by atoms with Crippen molar-refractivity contribution in [1.29, 1.82) is 0 Å². The van der Waals surface area contributed by atoms with Crippen LogP contribution in [0.2, 0.25) is 0 Å². The van der Waals surface area contributed by atoms with E-state index >= 15 is 0 Å². The van der Waals surface area contributed by atoms with E-state index in [0.717, 1.165) is 12.8 Å². The summed E-state index contributed by atoms with van der Waals surface area (Å²) in [5, 5.41) is 0. The van der Waals surface area contributed by atoms with Gasteiger partial charge in [-0.2, -0.15) is 0 Å². The van der Waals surface area contributed by atoms with Crippen molar-refractivity contribution in [2.45, 2.75) is 33.1 Å². The zero-order valence-corrected chi connectivity index (χ0v) is 10.2. The summed E-state index contributed by atoms with van der Waals surface area (Å²) in [6.07, 6.45) is 10.1. The number of carbonyl (C=O) groups is 1. The Morgan fingerprint density at radius 1 is 1.69 bits per heavy atom. The maximum absolute atomic E-state index is 11.1. The minimum Gasteiger partial charge on any atom is -0.465 e. The van der Waals surface area contributed by atoms with Gasteiger partial charge >= 0.3 is 5.97 Å². The van der Waals surface area contributed by atoms with Crippen molar-refractivity contribution in [2.24, 2.45) is 5.41 Å². The van der Waals surface area contributed by atoms with Gasteiger partial charge in [-0.15, -0.1) is 6.58 Å². The van der Waals surface area contributed by atoms with Gasteiger partial charge in [0.05, 0.1) is 13.0 Å². The molecule has 0 aliphatic heterocycles. The van der Waals surface area contributed by atoms with Crippen molar-refractivity contribution in [3.05, 3.63) is 36.5 Å². The van der Waals surface area contributed by atoms with Gasteiger partial charge in [-0.3, -0.25) is 4.79 Å². The fourth-order valence-electron chi connectivity index (χ4n) is 1.77. The van der Waals surface area contributed by atoms with Gasteiger partial charge in [0.25, 0.3) is 0 Å². The minimum atomic E-state index is -0.188. The van der Waals surface area contributed by atoms with Crippen LogP contribution in [0.3, 0.4) is 0 Å². The Morgan fingerprint density at radius 2 is 2.44 bits per heavy atom. The van der Waals surface area contributed by atoms with Crippen molar-refractivity contribution in [3.8, 4) is 0 Å². The lowest BCUT2D eigenvalue weighted by Crippen LogP contribution is -2.22. The highest BCUT2D eigenvalue weighted by molar-refractivity contribution is 5.70. The average Bonchev–Trinajstić information content (AvgIpc) is 2.23. The molecule has 0 aromatic rings. The highest BCUT2D eigenvalue weighted by Gasteiger charge is 2.26. The Labute approximate surface area is 97.7 Å². The Balaban J connectivity index is 2.37. The van der Waals surface area contributed by atoms with Gasteiger partial charge < -0.3 is 4.74 Å². The normalized spacial score (nSPS) is 23.8. The highest BCUT2D eigenvalue weighted by atomic mass is 16.5. The van der Waals surface area contributed by atoms with Crippen molar-refractivity contribution in [1.82, 2.24) is 0 Å². The molecule has 0 fully saturated rings. The van der Waals surface area contributed by atoms with E-state index in [1.165, 1.54) is 5.57 Å². The molecule has 1 unspecified atom stereocenters. The lowest BCUT2D eigenvalue weighted by Gasteiger charge is -2.31. The van der Waals surface area contributed by atoms with E-state index in [4.69, 9.17) is 4.74 Å². The van der Waals surface area contributed by atoms with Crippen molar-refractivity contribution >= 4 is 5.97 Å². The third-order valence-corrected chi connectivity index (χ3v) is 3.23. The number of ether oxygens (including phenoxy) is 1. The molecule has 0 spiro atoms. The van der Waals surface area contributed by atoms with Crippen LogP contribution in [0.1, 0.15) is 33.1 Å². The smallest absolute Gasteiger partial charge is 0.309 e. The molecule has 1 rings (SSSR count). The number of hydrogen-bond donors (Lipinski definition) is 0. The number of rotatable bonds is 5. The van der Waals surface area contributed by atoms with Crippen LogP contribution >= 0.6 is 0 Å². The molecule has 0 saturated carbocycles. The monoisotopic (exact) mass is 220 g/mol. The Hall–Kier alpha value is -1.31. The quantitative estimate of drug-likeness (QED) is 0.524. The summed E-state index contributed by atoms with van der Waals surface area (Å²) in [5.74, 6) is -0.188. The number of carbonyl (C=O) groups excluding carboxylic acids is 1. The molecule has 1 aliphatic carbocycles. The number of esters is 1. The summed E-state index contributed by atoms with van der Waals surface area (Å²) in [5.41, 5.74) is 1.50. The molecule has 0 heterocycles. The van der Waals surface area contributed by atoms with Gasteiger partial charge in [-0.25, -0.2) is 0 Å². The molecule has 0 radical (unpaired) electrons. The highest BCUT2D eigenvalue weighted by Crippen LogP contribution is 2.37. The summed E-state index contributed by atoms with van der Waals surface area (Å²) in [6, 6.07) is 0. The van der Waals surface area contributed by atoms with Gasteiger partial charge in [0.15, 0.2) is 0 Å². The first-order valence-electron chi connectivity index (χ1n) is 5.69. The molecule has 0 saturated heterocycles. The molecule has 0 N–H and O–H groups in total. The molecule has 1 atom stereocenters. The lowest BCUT2D eigenvalue weighted by atomic mass is 9.75. The molecular weight excluding hydrogens is 200 g/mol. The molecule has 0 amide bonds. The van der Waals surface area contributed by atoms with Gasteiger partial charge in [0.1, 0.15) is 0 Å². The zero-order chi connectivity index (χ0) is 12.0. The molecule has 2 nitrogen and oxygen atoms in total. The summed E-state index contributed by atoms with van der Waals surface area (Å²) in [7, 11) is 0. The predicted molar refractivity (Wildman–Crippen MR) is 66.0 cm³/mol. The lowest BCUT2D eigenvalue weighted by molar-refractivity contribution is -0.143. The zero-order valence-electron chi connectivity index (χ0n) is 10.2. The third kappa shape index (κ3) is 3.37. The van der Waals surface area contributed by atoms with Crippen LogP contribution in [0, 0.1) is 5.41 Å². The standard InChI is InChI=1S/C14H20O2/c1-4-7-13(15)16-11-10-14(3)9-6-5-8-12(14)2/h4-6,8H,1,7,9-11H2,2-3H3. The number of allylic oxidation sites excluding steroid dienone is 4. The SMILES string of the molecule is C=CCC(=O)OCCC1(C)CC=CC=C1C. The minimum absolute atomic E-state index is 0.142. The maximum Gasteiger partial charge on any atom is 0.309 e. The molecule has 2 heteroatoms. The Morgan fingerprint density at radius 3 is 3.06 bits per heavy atom. The van der Waals surface area contributed by atoms with E-state index in [1.807, 2.05) is 0 Å². The van der Waals surface area contributed by atoms with Crippen LogP contribution in [0.15, 0.2) is 36.5 Å². The van der Waals surface area contributed by atoms with Crippen LogP contribution in [-0.4, -0.2) is 12.6 Å². The van der Waals surface area contributed by atoms with E-state index in [-0.39, 0.29) is 11.4 Å². The summed E-state index contributed by atoms with van der Waals surface area (Å²) in [6.45, 7) is 8.34. The van der Waals surface area contributed by atoms with E-state index in [1.54, 1.807) is 6.08 Å². The Kier molecular flexibility index (Phi) is 4.53. The first-order valence-corrected chi connectivity index (χ1v) is 5.69. The second kappa shape index (κ2) is 5.69. The first kappa shape index (κ1) is 12.8.